The summed E-state index contributed by atoms with van der Waals surface area (Å²) in [5.41, 5.74) is 0. The van der Waals surface area contributed by atoms with E-state index >= 15 is 0 Å². The zero-order valence-corrected chi connectivity index (χ0v) is 15.4. The second kappa shape index (κ2) is 5.06. The molecule has 90 valence electrons. The average Bonchev–Trinajstić information content (AvgIpc) is 2.22. The first-order chi connectivity index (χ1) is 7.80. The maximum absolute atomic E-state index is 11.3. The number of halogens is 3. The lowest BCUT2D eigenvalue weighted by atomic mass is 10.1. The van der Waals surface area contributed by atoms with Crippen LogP contribution in [0.5, 0.6) is 0 Å². The number of rotatable bonds is 1. The smallest absolute Gasteiger partial charge is 0.282 e. The lowest BCUT2D eigenvalue weighted by Crippen LogP contribution is -2.01. The average molecular weight is 586 g/mol. The standard InChI is InChI=1S/C10H5I3O3S/c11-5-1-2-6-7(3-5)10(13)8(12)4-9(6)17(14,15)16/h1-4H,(H,14,15,16). The third kappa shape index (κ3) is 2.87. The summed E-state index contributed by atoms with van der Waals surface area (Å²) >= 11 is 6.41. The minimum atomic E-state index is -4.19. The Labute approximate surface area is 140 Å². The summed E-state index contributed by atoms with van der Waals surface area (Å²) in [5, 5.41) is 1.40. The van der Waals surface area contributed by atoms with Crippen molar-refractivity contribution in [2.45, 2.75) is 4.90 Å². The van der Waals surface area contributed by atoms with E-state index in [0.29, 0.717) is 5.39 Å². The zero-order chi connectivity index (χ0) is 12.8. The molecule has 0 aliphatic rings. The molecule has 0 aromatic heterocycles. The molecule has 2 aromatic rings. The minimum absolute atomic E-state index is 0.0336. The molecule has 0 spiro atoms. The van der Waals surface area contributed by atoms with Crippen LogP contribution in [0.3, 0.4) is 0 Å². The molecule has 0 saturated carbocycles. The summed E-state index contributed by atoms with van der Waals surface area (Å²) in [6, 6.07) is 6.94. The quantitative estimate of drug-likeness (QED) is 0.408. The van der Waals surface area contributed by atoms with Crippen LogP contribution in [-0.2, 0) is 10.1 Å². The fraction of sp³-hybridized carbons (Fsp3) is 0. The van der Waals surface area contributed by atoms with E-state index in [-0.39, 0.29) is 4.90 Å². The van der Waals surface area contributed by atoms with Gasteiger partial charge in [-0.05, 0) is 91.4 Å². The maximum atomic E-state index is 11.3. The molecule has 0 aliphatic heterocycles. The van der Waals surface area contributed by atoms with Crippen LogP contribution in [0.1, 0.15) is 0 Å². The van der Waals surface area contributed by atoms with Crippen molar-refractivity contribution < 1.29 is 13.0 Å². The maximum Gasteiger partial charge on any atom is 0.295 e. The Balaban J connectivity index is 3.03. The van der Waals surface area contributed by atoms with Crippen LogP contribution >= 0.6 is 67.8 Å². The largest absolute Gasteiger partial charge is 0.295 e. The third-order valence-electron chi connectivity index (χ3n) is 2.23. The van der Waals surface area contributed by atoms with Gasteiger partial charge in [0.25, 0.3) is 10.1 Å². The predicted molar refractivity (Wildman–Crippen MR) is 91.9 cm³/mol. The van der Waals surface area contributed by atoms with Crippen molar-refractivity contribution in [3.05, 3.63) is 35.0 Å². The Morgan fingerprint density at radius 3 is 2.24 bits per heavy atom. The number of hydrogen-bond acceptors (Lipinski definition) is 2. The minimum Gasteiger partial charge on any atom is -0.282 e. The Morgan fingerprint density at radius 2 is 1.65 bits per heavy atom. The topological polar surface area (TPSA) is 54.4 Å². The van der Waals surface area contributed by atoms with Crippen molar-refractivity contribution in [1.82, 2.24) is 0 Å². The van der Waals surface area contributed by atoms with Crippen LogP contribution < -0.4 is 0 Å². The zero-order valence-electron chi connectivity index (χ0n) is 8.12. The fourth-order valence-electron chi connectivity index (χ4n) is 1.51. The van der Waals surface area contributed by atoms with Gasteiger partial charge in [0.2, 0.25) is 0 Å². The number of benzene rings is 2. The van der Waals surface area contributed by atoms with Gasteiger partial charge in [0.05, 0.1) is 0 Å². The second-order valence-electron chi connectivity index (χ2n) is 3.34. The van der Waals surface area contributed by atoms with Crippen LogP contribution in [-0.4, -0.2) is 13.0 Å². The molecule has 0 fully saturated rings. The number of fused-ring (bicyclic) bond motifs is 1. The van der Waals surface area contributed by atoms with Crippen molar-refractivity contribution in [3.63, 3.8) is 0 Å². The summed E-state index contributed by atoms with van der Waals surface area (Å²) < 4.78 is 34.7. The van der Waals surface area contributed by atoms with Crippen molar-refractivity contribution in [2.75, 3.05) is 0 Å². The molecule has 0 atom stereocenters. The lowest BCUT2D eigenvalue weighted by Gasteiger charge is -2.08. The molecule has 0 heterocycles. The molecule has 0 saturated heterocycles. The molecule has 1 N–H and O–H groups in total. The third-order valence-corrected chi connectivity index (χ3v) is 6.84. The van der Waals surface area contributed by atoms with E-state index in [1.165, 1.54) is 6.07 Å². The first kappa shape index (κ1) is 14.2. The van der Waals surface area contributed by atoms with Crippen LogP contribution in [0, 0.1) is 10.7 Å². The highest BCUT2D eigenvalue weighted by atomic mass is 127. The first-order valence-electron chi connectivity index (χ1n) is 4.35. The summed E-state index contributed by atoms with van der Waals surface area (Å²) in [6.07, 6.45) is 0. The molecular formula is C10H5I3O3S. The summed E-state index contributed by atoms with van der Waals surface area (Å²) in [7, 11) is -4.19. The molecule has 0 radical (unpaired) electrons. The molecule has 7 heteroatoms. The monoisotopic (exact) mass is 586 g/mol. The normalized spacial score (nSPS) is 12.0. The molecule has 17 heavy (non-hydrogen) atoms. The van der Waals surface area contributed by atoms with Crippen molar-refractivity contribution in [3.8, 4) is 0 Å². The lowest BCUT2D eigenvalue weighted by molar-refractivity contribution is 0.484. The Hall–Kier alpha value is 0.800. The molecule has 0 amide bonds. The van der Waals surface area contributed by atoms with Gasteiger partial charge in [-0.1, -0.05) is 6.07 Å². The SMILES string of the molecule is O=S(=O)(O)c1cc(I)c(I)c2cc(I)ccc12. The Kier molecular flexibility index (Phi) is 4.23. The van der Waals surface area contributed by atoms with Gasteiger partial charge >= 0.3 is 0 Å². The van der Waals surface area contributed by atoms with Crippen LogP contribution in [0.4, 0.5) is 0 Å². The van der Waals surface area contributed by atoms with Gasteiger partial charge in [0.1, 0.15) is 4.90 Å². The van der Waals surface area contributed by atoms with E-state index in [2.05, 4.69) is 67.8 Å². The highest BCUT2D eigenvalue weighted by Crippen LogP contribution is 2.32. The Bertz CT molecular complexity index is 710. The summed E-state index contributed by atoms with van der Waals surface area (Å²) in [4.78, 5) is -0.0336. The van der Waals surface area contributed by atoms with Crippen LogP contribution in [0.15, 0.2) is 29.2 Å². The van der Waals surface area contributed by atoms with Crippen molar-refractivity contribution in [1.29, 1.82) is 0 Å². The molecule has 0 unspecified atom stereocenters. The Morgan fingerprint density at radius 1 is 1.00 bits per heavy atom. The summed E-state index contributed by atoms with van der Waals surface area (Å²) in [5.74, 6) is 0. The van der Waals surface area contributed by atoms with Gasteiger partial charge < -0.3 is 0 Å². The van der Waals surface area contributed by atoms with E-state index in [9.17, 15) is 13.0 Å². The van der Waals surface area contributed by atoms with E-state index in [0.717, 1.165) is 16.1 Å². The summed E-state index contributed by atoms with van der Waals surface area (Å²) in [6.45, 7) is 0. The van der Waals surface area contributed by atoms with E-state index in [4.69, 9.17) is 0 Å². The van der Waals surface area contributed by atoms with Crippen LogP contribution in [0.2, 0.25) is 0 Å². The molecule has 2 aromatic carbocycles. The number of hydrogen-bond donors (Lipinski definition) is 1. The molecular weight excluding hydrogens is 581 g/mol. The van der Waals surface area contributed by atoms with Gasteiger partial charge in [0.15, 0.2) is 0 Å². The highest BCUT2D eigenvalue weighted by Gasteiger charge is 2.17. The van der Waals surface area contributed by atoms with Crippen molar-refractivity contribution in [2.24, 2.45) is 0 Å². The second-order valence-corrected chi connectivity index (χ2v) is 8.21. The molecule has 2 rings (SSSR count). The van der Waals surface area contributed by atoms with Gasteiger partial charge in [-0.3, -0.25) is 4.55 Å². The highest BCUT2D eigenvalue weighted by molar-refractivity contribution is 14.1. The van der Waals surface area contributed by atoms with Gasteiger partial charge in [-0.25, -0.2) is 0 Å². The van der Waals surface area contributed by atoms with E-state index in [1.54, 1.807) is 6.07 Å². The molecule has 0 aliphatic carbocycles. The fourth-order valence-corrected chi connectivity index (χ4v) is 4.14. The van der Waals surface area contributed by atoms with Gasteiger partial charge in [-0.2, -0.15) is 8.42 Å². The van der Waals surface area contributed by atoms with Gasteiger partial charge in [0, 0.05) is 16.1 Å². The molecule has 0 bridgehead atoms. The van der Waals surface area contributed by atoms with E-state index < -0.39 is 10.1 Å². The van der Waals surface area contributed by atoms with E-state index in [1.807, 2.05) is 12.1 Å². The van der Waals surface area contributed by atoms with Gasteiger partial charge in [-0.15, -0.1) is 0 Å². The predicted octanol–water partition coefficient (Wildman–Crippen LogP) is 3.90. The van der Waals surface area contributed by atoms with Crippen molar-refractivity contribution >= 4 is 88.7 Å². The first-order valence-corrected chi connectivity index (χ1v) is 9.03. The molecule has 3 nitrogen and oxygen atoms in total. The van der Waals surface area contributed by atoms with Crippen LogP contribution in [0.25, 0.3) is 10.8 Å².